The minimum absolute atomic E-state index is 0.0614. The molecular weight excluding hydrogens is 436 g/mol. The molecule has 32 heavy (non-hydrogen) atoms. The second-order valence-electron chi connectivity index (χ2n) is 6.65. The largest absolute Gasteiger partial charge is 0.497 e. The van der Waals surface area contributed by atoms with Crippen molar-refractivity contribution in [2.75, 3.05) is 26.0 Å². The Morgan fingerprint density at radius 1 is 1.12 bits per heavy atom. The summed E-state index contributed by atoms with van der Waals surface area (Å²) in [5.74, 6) is 1.76. The molecule has 4 rings (SSSR count). The van der Waals surface area contributed by atoms with Crippen LogP contribution in [-0.4, -0.2) is 54.3 Å². The van der Waals surface area contributed by atoms with Crippen LogP contribution in [0.4, 0.5) is 4.79 Å². The molecule has 0 fully saturated rings. The third kappa shape index (κ3) is 5.49. The Kier molecular flexibility index (Phi) is 6.75. The van der Waals surface area contributed by atoms with E-state index in [1.54, 1.807) is 37.4 Å². The van der Waals surface area contributed by atoms with Crippen LogP contribution >= 0.6 is 11.8 Å². The minimum atomic E-state index is -0.623. The Bertz CT molecular complexity index is 1090. The molecule has 2 N–H and O–H groups in total. The van der Waals surface area contributed by atoms with Gasteiger partial charge in [-0.15, -0.1) is 10.2 Å². The lowest BCUT2D eigenvalue weighted by molar-refractivity contribution is -0.117. The van der Waals surface area contributed by atoms with E-state index >= 15 is 0 Å². The van der Waals surface area contributed by atoms with Crippen molar-refractivity contribution in [2.45, 2.75) is 11.3 Å². The van der Waals surface area contributed by atoms with Gasteiger partial charge in [0.25, 0.3) is 5.22 Å². The number of carbonyl (C=O) groups excluding carboxylic acids is 2. The zero-order chi connectivity index (χ0) is 22.3. The highest BCUT2D eigenvalue weighted by Gasteiger charge is 2.21. The van der Waals surface area contributed by atoms with Crippen molar-refractivity contribution in [3.63, 3.8) is 0 Å². The van der Waals surface area contributed by atoms with Crippen molar-refractivity contribution in [2.24, 2.45) is 0 Å². The molecule has 166 valence electrons. The van der Waals surface area contributed by atoms with Crippen molar-refractivity contribution in [1.82, 2.24) is 20.8 Å². The number of hydrogen-bond acceptors (Lipinski definition) is 9. The number of carbonyl (C=O) groups is 2. The number of para-hydroxylation sites is 2. The van der Waals surface area contributed by atoms with Gasteiger partial charge in [-0.1, -0.05) is 23.9 Å². The van der Waals surface area contributed by atoms with Crippen molar-refractivity contribution >= 4 is 23.7 Å². The summed E-state index contributed by atoms with van der Waals surface area (Å²) in [6, 6.07) is 13.8. The smallest absolute Gasteiger partial charge is 0.321 e. The molecule has 0 aliphatic carbocycles. The molecule has 0 bridgehead atoms. The summed E-state index contributed by atoms with van der Waals surface area (Å²) in [7, 11) is 1.58. The quantitative estimate of drug-likeness (QED) is 0.516. The van der Waals surface area contributed by atoms with Crippen LogP contribution in [0.15, 0.2) is 58.2 Å². The summed E-state index contributed by atoms with van der Waals surface area (Å²) in [5, 5.41) is 12.9. The monoisotopic (exact) mass is 456 g/mol. The molecule has 1 aliphatic heterocycles. The average Bonchev–Trinajstić information content (AvgIpc) is 3.30. The van der Waals surface area contributed by atoms with Gasteiger partial charge in [-0.2, -0.15) is 0 Å². The summed E-state index contributed by atoms with van der Waals surface area (Å²) in [4.78, 5) is 24.0. The molecule has 1 aliphatic rings. The Morgan fingerprint density at radius 2 is 1.91 bits per heavy atom. The number of nitrogens with one attached hydrogen (secondary N) is 2. The van der Waals surface area contributed by atoms with Gasteiger partial charge in [-0.3, -0.25) is 10.1 Å². The van der Waals surface area contributed by atoms with Crippen LogP contribution in [0.2, 0.25) is 0 Å². The molecule has 3 aromatic rings. The first-order chi connectivity index (χ1) is 15.6. The van der Waals surface area contributed by atoms with Crippen molar-refractivity contribution in [3.05, 3.63) is 48.5 Å². The minimum Gasteiger partial charge on any atom is -0.497 e. The summed E-state index contributed by atoms with van der Waals surface area (Å²) in [6.45, 7) is 0.490. The number of urea groups is 1. The van der Waals surface area contributed by atoms with Gasteiger partial charge in [0.2, 0.25) is 11.8 Å². The highest BCUT2D eigenvalue weighted by atomic mass is 32.2. The Labute approximate surface area is 187 Å². The highest BCUT2D eigenvalue weighted by Crippen LogP contribution is 2.30. The molecule has 2 aromatic carbocycles. The normalized spacial score (nSPS) is 14.5. The fourth-order valence-corrected chi connectivity index (χ4v) is 3.39. The first kappa shape index (κ1) is 21.5. The lowest BCUT2D eigenvalue weighted by atomic mass is 10.2. The van der Waals surface area contributed by atoms with Crippen molar-refractivity contribution in [1.29, 1.82) is 0 Å². The van der Waals surface area contributed by atoms with Gasteiger partial charge < -0.3 is 23.9 Å². The number of benzene rings is 2. The molecule has 0 spiro atoms. The number of rotatable bonds is 7. The van der Waals surface area contributed by atoms with Crippen LogP contribution in [-0.2, 0) is 4.79 Å². The zero-order valence-electron chi connectivity index (χ0n) is 17.1. The van der Waals surface area contributed by atoms with E-state index in [0.29, 0.717) is 29.7 Å². The number of thioether (sulfide) groups is 1. The Hall–Kier alpha value is -3.73. The standard InChI is InChI=1S/C21H20N4O6S/c1-28-14-8-6-13(7-9-14)19-24-25-21(31-19)32-12-18(26)23-20(27)22-10-15-11-29-16-4-2-3-5-17(16)30-15/h2-9,15H,10-12H2,1H3,(H2,22,23,26,27). The molecule has 10 nitrogen and oxygen atoms in total. The van der Waals surface area contributed by atoms with E-state index in [0.717, 1.165) is 17.3 Å². The van der Waals surface area contributed by atoms with Gasteiger partial charge in [0, 0.05) is 5.56 Å². The Morgan fingerprint density at radius 3 is 2.69 bits per heavy atom. The second-order valence-corrected chi connectivity index (χ2v) is 7.57. The molecule has 0 radical (unpaired) electrons. The molecule has 2 heterocycles. The number of hydrogen-bond donors (Lipinski definition) is 2. The molecular formula is C21H20N4O6S. The van der Waals surface area contributed by atoms with Crippen LogP contribution in [0, 0.1) is 0 Å². The van der Waals surface area contributed by atoms with E-state index < -0.39 is 11.9 Å². The first-order valence-electron chi connectivity index (χ1n) is 9.67. The molecule has 1 atom stereocenters. The fourth-order valence-electron chi connectivity index (χ4n) is 2.82. The number of nitrogens with zero attached hydrogens (tertiary/aromatic N) is 2. The molecule has 3 amide bonds. The van der Waals surface area contributed by atoms with E-state index in [4.69, 9.17) is 18.6 Å². The summed E-state index contributed by atoms with van der Waals surface area (Å²) in [5.41, 5.74) is 0.727. The first-order valence-corrected chi connectivity index (χ1v) is 10.7. The van der Waals surface area contributed by atoms with Gasteiger partial charge in [0.15, 0.2) is 17.6 Å². The van der Waals surface area contributed by atoms with Gasteiger partial charge in [-0.05, 0) is 36.4 Å². The Balaban J connectivity index is 1.19. The highest BCUT2D eigenvalue weighted by molar-refractivity contribution is 7.99. The summed E-state index contributed by atoms with van der Waals surface area (Å²) >= 11 is 1.03. The third-order valence-corrected chi connectivity index (χ3v) is 5.20. The topological polar surface area (TPSA) is 125 Å². The van der Waals surface area contributed by atoms with E-state index in [-0.39, 0.29) is 23.6 Å². The van der Waals surface area contributed by atoms with Crippen LogP contribution in [0.25, 0.3) is 11.5 Å². The third-order valence-electron chi connectivity index (χ3n) is 4.38. The second kappa shape index (κ2) is 10.1. The van der Waals surface area contributed by atoms with Gasteiger partial charge in [0.1, 0.15) is 12.4 Å². The van der Waals surface area contributed by atoms with E-state index in [9.17, 15) is 9.59 Å². The summed E-state index contributed by atoms with van der Waals surface area (Å²) in [6.07, 6.45) is -0.352. The molecule has 0 saturated carbocycles. The van der Waals surface area contributed by atoms with Crippen molar-refractivity contribution in [3.8, 4) is 28.7 Å². The van der Waals surface area contributed by atoms with Gasteiger partial charge in [-0.25, -0.2) is 4.79 Å². The maximum atomic E-state index is 12.0. The number of methoxy groups -OCH3 is 1. The maximum absolute atomic E-state index is 12.0. The van der Waals surface area contributed by atoms with Crippen LogP contribution < -0.4 is 24.8 Å². The van der Waals surface area contributed by atoms with E-state index in [2.05, 4.69) is 20.8 Å². The lowest BCUT2D eigenvalue weighted by Gasteiger charge is -2.26. The number of fused-ring (bicyclic) bond motifs is 1. The number of aromatic nitrogens is 2. The SMILES string of the molecule is COc1ccc(-c2nnc(SCC(=O)NC(=O)NCC3COc4ccccc4O3)o2)cc1. The summed E-state index contributed by atoms with van der Waals surface area (Å²) < 4.78 is 22.0. The molecule has 11 heteroatoms. The number of amides is 3. The molecule has 1 unspecified atom stereocenters. The van der Waals surface area contributed by atoms with Crippen LogP contribution in [0.5, 0.6) is 17.2 Å². The molecule has 1 aromatic heterocycles. The maximum Gasteiger partial charge on any atom is 0.321 e. The van der Waals surface area contributed by atoms with Gasteiger partial charge in [0.05, 0.1) is 19.4 Å². The predicted molar refractivity (Wildman–Crippen MR) is 115 cm³/mol. The van der Waals surface area contributed by atoms with Crippen LogP contribution in [0.1, 0.15) is 0 Å². The zero-order valence-corrected chi connectivity index (χ0v) is 17.9. The van der Waals surface area contributed by atoms with Gasteiger partial charge >= 0.3 is 6.03 Å². The lowest BCUT2D eigenvalue weighted by Crippen LogP contribution is -2.46. The van der Waals surface area contributed by atoms with E-state index in [1.165, 1.54) is 0 Å². The van der Waals surface area contributed by atoms with Crippen LogP contribution in [0.3, 0.4) is 0 Å². The van der Waals surface area contributed by atoms with E-state index in [1.807, 2.05) is 18.2 Å². The average molecular weight is 456 g/mol. The van der Waals surface area contributed by atoms with Crippen molar-refractivity contribution < 1.29 is 28.2 Å². The predicted octanol–water partition coefficient (Wildman–Crippen LogP) is 2.50. The fraction of sp³-hybridized carbons (Fsp3) is 0.238. The molecule has 0 saturated heterocycles. The number of imide groups is 1. The number of ether oxygens (including phenoxy) is 3.